The van der Waals surface area contributed by atoms with Crippen LogP contribution < -0.4 is 10.6 Å². The molecule has 0 aromatic rings. The maximum Gasteiger partial charge on any atom is 0.315 e. The molecule has 0 saturated carbocycles. The summed E-state index contributed by atoms with van der Waals surface area (Å²) in [4.78, 5) is 22.1. The summed E-state index contributed by atoms with van der Waals surface area (Å²) < 4.78 is 11.2. The first-order valence-corrected chi connectivity index (χ1v) is 8.57. The number of hydrogen-bond acceptors (Lipinski definition) is 3. The highest BCUT2D eigenvalue weighted by molar-refractivity contribution is 7.85. The minimum absolute atomic E-state index is 0.122. The molecule has 1 unspecified atom stereocenters. The van der Waals surface area contributed by atoms with Gasteiger partial charge in [-0.05, 0) is 31.6 Å². The van der Waals surface area contributed by atoms with Crippen LogP contribution in [0.15, 0.2) is 0 Å². The zero-order valence-electron chi connectivity index (χ0n) is 11.9. The van der Waals surface area contributed by atoms with Crippen LogP contribution in [0, 0.1) is 5.92 Å². The number of urea groups is 1. The van der Waals surface area contributed by atoms with E-state index in [9.17, 15) is 13.8 Å². The van der Waals surface area contributed by atoms with Crippen molar-refractivity contribution in [3.8, 4) is 0 Å². The van der Waals surface area contributed by atoms with Crippen LogP contribution in [0.4, 0.5) is 4.79 Å². The molecule has 1 saturated heterocycles. The molecule has 1 heterocycles. The molecule has 0 aliphatic carbocycles. The van der Waals surface area contributed by atoms with Gasteiger partial charge in [0, 0.05) is 41.3 Å². The molecule has 3 N–H and O–H groups in total. The maximum atomic E-state index is 11.6. The van der Waals surface area contributed by atoms with E-state index in [1.807, 2.05) is 6.92 Å². The van der Waals surface area contributed by atoms with Gasteiger partial charge >= 0.3 is 12.0 Å². The molecule has 0 aromatic carbocycles. The number of carboxylic acid groups (broad SMARTS) is 1. The Balaban J connectivity index is 2.07. The topological polar surface area (TPSA) is 95.5 Å². The fourth-order valence-electron chi connectivity index (χ4n) is 2.12. The largest absolute Gasteiger partial charge is 0.481 e. The fourth-order valence-corrected chi connectivity index (χ4v) is 3.42. The summed E-state index contributed by atoms with van der Waals surface area (Å²) in [5, 5.41) is 14.2. The van der Waals surface area contributed by atoms with Crippen molar-refractivity contribution >= 4 is 22.8 Å². The van der Waals surface area contributed by atoms with Crippen LogP contribution in [-0.2, 0) is 15.6 Å². The van der Waals surface area contributed by atoms with Gasteiger partial charge in [-0.1, -0.05) is 6.92 Å². The molecule has 0 aromatic heterocycles. The second kappa shape index (κ2) is 8.94. The zero-order valence-corrected chi connectivity index (χ0v) is 12.7. The van der Waals surface area contributed by atoms with Crippen molar-refractivity contribution in [1.82, 2.24) is 10.6 Å². The van der Waals surface area contributed by atoms with E-state index in [2.05, 4.69) is 10.6 Å². The van der Waals surface area contributed by atoms with Crippen molar-refractivity contribution in [2.45, 2.75) is 45.1 Å². The number of carbonyl (C=O) groups is 2. The van der Waals surface area contributed by atoms with Crippen molar-refractivity contribution in [2.75, 3.05) is 18.1 Å². The van der Waals surface area contributed by atoms with E-state index in [-0.39, 0.29) is 24.4 Å². The van der Waals surface area contributed by atoms with E-state index >= 15 is 0 Å². The van der Waals surface area contributed by atoms with Crippen molar-refractivity contribution in [3.63, 3.8) is 0 Å². The summed E-state index contributed by atoms with van der Waals surface area (Å²) in [5.74, 6) is 0.828. The Hall–Kier alpha value is -1.11. The van der Waals surface area contributed by atoms with Crippen molar-refractivity contribution in [2.24, 2.45) is 5.92 Å². The molecule has 0 spiro atoms. The van der Waals surface area contributed by atoms with Crippen LogP contribution in [-0.4, -0.2) is 45.4 Å². The minimum atomic E-state index is -0.780. The van der Waals surface area contributed by atoms with Crippen molar-refractivity contribution < 1.29 is 18.9 Å². The lowest BCUT2D eigenvalue weighted by molar-refractivity contribution is -0.137. The first-order valence-electron chi connectivity index (χ1n) is 7.08. The average Bonchev–Trinajstić information content (AvgIpc) is 2.39. The molecule has 116 valence electrons. The van der Waals surface area contributed by atoms with Crippen LogP contribution in [0.25, 0.3) is 0 Å². The van der Waals surface area contributed by atoms with Crippen molar-refractivity contribution in [3.05, 3.63) is 0 Å². The van der Waals surface area contributed by atoms with Crippen LogP contribution in [0.5, 0.6) is 0 Å². The highest BCUT2D eigenvalue weighted by Gasteiger charge is 2.19. The SMILES string of the molecule is CC(CCNC(=O)NC1CCS(=O)CC1)CCC(=O)O. The molecular weight excluding hydrogens is 280 g/mol. The molecule has 1 aliphatic heterocycles. The Morgan fingerprint density at radius 1 is 1.30 bits per heavy atom. The molecule has 1 aliphatic rings. The highest BCUT2D eigenvalue weighted by atomic mass is 32.2. The molecule has 7 heteroatoms. The van der Waals surface area contributed by atoms with Crippen LogP contribution in [0.2, 0.25) is 0 Å². The summed E-state index contributed by atoms with van der Waals surface area (Å²) in [6, 6.07) is -0.0646. The molecule has 1 fully saturated rings. The zero-order chi connectivity index (χ0) is 15.0. The van der Waals surface area contributed by atoms with E-state index in [0.29, 0.717) is 24.5 Å². The van der Waals surface area contributed by atoms with Gasteiger partial charge in [-0.25, -0.2) is 4.79 Å². The van der Waals surface area contributed by atoms with E-state index in [4.69, 9.17) is 5.11 Å². The number of carboxylic acids is 1. The smallest absolute Gasteiger partial charge is 0.315 e. The van der Waals surface area contributed by atoms with Gasteiger partial charge in [-0.15, -0.1) is 0 Å². The van der Waals surface area contributed by atoms with E-state index in [0.717, 1.165) is 19.3 Å². The predicted octanol–water partition coefficient (Wildman–Crippen LogP) is 1.09. The monoisotopic (exact) mass is 304 g/mol. The predicted molar refractivity (Wildman–Crippen MR) is 78.1 cm³/mol. The van der Waals surface area contributed by atoms with Crippen LogP contribution in [0.1, 0.15) is 39.0 Å². The average molecular weight is 304 g/mol. The van der Waals surface area contributed by atoms with E-state index < -0.39 is 16.8 Å². The Bertz CT molecular complexity index is 352. The second-order valence-electron chi connectivity index (χ2n) is 5.35. The first kappa shape index (κ1) is 16.9. The highest BCUT2D eigenvalue weighted by Crippen LogP contribution is 2.10. The van der Waals surface area contributed by atoms with Gasteiger partial charge in [0.05, 0.1) is 0 Å². The molecular formula is C13H24N2O4S. The summed E-state index contributed by atoms with van der Waals surface area (Å²) in [6.07, 6.45) is 3.12. The number of hydrogen-bond donors (Lipinski definition) is 3. The molecule has 1 atom stereocenters. The molecule has 6 nitrogen and oxygen atoms in total. The van der Waals surface area contributed by atoms with Gasteiger partial charge in [-0.3, -0.25) is 9.00 Å². The van der Waals surface area contributed by atoms with Crippen LogP contribution in [0.3, 0.4) is 0 Å². The quantitative estimate of drug-likeness (QED) is 0.656. The second-order valence-corrected chi connectivity index (χ2v) is 7.04. The number of nitrogens with one attached hydrogen (secondary N) is 2. The summed E-state index contributed by atoms with van der Waals surface area (Å²) in [7, 11) is -0.713. The number of aliphatic carboxylic acids is 1. The Morgan fingerprint density at radius 3 is 2.55 bits per heavy atom. The van der Waals surface area contributed by atoms with Crippen molar-refractivity contribution in [1.29, 1.82) is 0 Å². The van der Waals surface area contributed by atoms with E-state index in [1.54, 1.807) is 0 Å². The van der Waals surface area contributed by atoms with Gasteiger partial charge in [0.1, 0.15) is 0 Å². The molecule has 20 heavy (non-hydrogen) atoms. The lowest BCUT2D eigenvalue weighted by Crippen LogP contribution is -2.45. The number of rotatable bonds is 7. The molecule has 0 radical (unpaired) electrons. The number of carbonyl (C=O) groups excluding carboxylic acids is 1. The van der Waals surface area contributed by atoms with E-state index in [1.165, 1.54) is 0 Å². The number of amides is 2. The Kier molecular flexibility index (Phi) is 7.58. The minimum Gasteiger partial charge on any atom is -0.481 e. The molecule has 0 bridgehead atoms. The van der Waals surface area contributed by atoms with Gasteiger partial charge in [0.15, 0.2) is 0 Å². The summed E-state index contributed by atoms with van der Waals surface area (Å²) >= 11 is 0. The summed E-state index contributed by atoms with van der Waals surface area (Å²) in [5.41, 5.74) is 0. The lowest BCUT2D eigenvalue weighted by atomic mass is 10.0. The maximum absolute atomic E-state index is 11.6. The third-order valence-corrected chi connectivity index (χ3v) is 4.88. The first-order chi connectivity index (χ1) is 9.47. The van der Waals surface area contributed by atoms with Gasteiger partial charge < -0.3 is 15.7 Å². The third-order valence-electron chi connectivity index (χ3n) is 3.50. The Labute approximate surface area is 122 Å². The lowest BCUT2D eigenvalue weighted by Gasteiger charge is -2.22. The van der Waals surface area contributed by atoms with Gasteiger partial charge in [0.2, 0.25) is 0 Å². The molecule has 2 amide bonds. The van der Waals surface area contributed by atoms with Gasteiger partial charge in [0.25, 0.3) is 0 Å². The summed E-state index contributed by atoms with van der Waals surface area (Å²) in [6.45, 7) is 2.53. The molecule has 1 rings (SSSR count). The Morgan fingerprint density at radius 2 is 1.95 bits per heavy atom. The normalized spacial score (nSPS) is 23.9. The third kappa shape index (κ3) is 7.47. The fraction of sp³-hybridized carbons (Fsp3) is 0.846. The van der Waals surface area contributed by atoms with Gasteiger partial charge in [-0.2, -0.15) is 0 Å². The van der Waals surface area contributed by atoms with Crippen LogP contribution >= 0.6 is 0 Å². The standard InChI is InChI=1S/C13H24N2O4S/c1-10(2-3-12(16)17)4-7-14-13(18)15-11-5-8-20(19)9-6-11/h10-11H,2-9H2,1H3,(H,16,17)(H2,14,15,18).